The van der Waals surface area contributed by atoms with Crippen LogP contribution < -0.4 is 15.8 Å². The van der Waals surface area contributed by atoms with E-state index in [2.05, 4.69) is 17.3 Å². The van der Waals surface area contributed by atoms with E-state index >= 15 is 0 Å². The van der Waals surface area contributed by atoms with Gasteiger partial charge in [0.05, 0.1) is 6.61 Å². The first kappa shape index (κ1) is 22.6. The van der Waals surface area contributed by atoms with Gasteiger partial charge in [0.2, 0.25) is 0 Å². The second-order valence-corrected chi connectivity index (χ2v) is 8.02. The number of carbonyl (C=O) groups excluding carboxylic acids is 1. The molecule has 0 bridgehead atoms. The van der Waals surface area contributed by atoms with E-state index in [-0.39, 0.29) is 17.9 Å². The Bertz CT molecular complexity index is 906. The molecule has 0 radical (unpaired) electrons. The number of anilines is 1. The zero-order chi connectivity index (χ0) is 22.4. The van der Waals surface area contributed by atoms with Gasteiger partial charge in [-0.3, -0.25) is 5.41 Å². The molecule has 1 saturated heterocycles. The molecule has 0 amide bonds. The second kappa shape index (κ2) is 10.3. The van der Waals surface area contributed by atoms with E-state index in [1.807, 2.05) is 25.1 Å². The molecule has 2 aromatic carbocycles. The molecule has 1 unspecified atom stereocenters. The van der Waals surface area contributed by atoms with Crippen LogP contribution in [0.4, 0.5) is 5.69 Å². The number of benzene rings is 2. The van der Waals surface area contributed by atoms with Gasteiger partial charge in [-0.2, -0.15) is 0 Å². The number of hydrogen-bond acceptors (Lipinski definition) is 6. The number of carbonyl (C=O) groups is 1. The Kier molecular flexibility index (Phi) is 7.52. The molecule has 7 heteroatoms. The number of likely N-dealkylation sites (tertiary alicyclic amines) is 1. The van der Waals surface area contributed by atoms with Gasteiger partial charge >= 0.3 is 5.97 Å². The third-order valence-electron chi connectivity index (χ3n) is 5.40. The molecule has 0 aliphatic carbocycles. The molecule has 1 aliphatic rings. The third-order valence-corrected chi connectivity index (χ3v) is 5.40. The van der Waals surface area contributed by atoms with Crippen LogP contribution in [0.3, 0.4) is 0 Å². The maximum absolute atomic E-state index is 12.8. The quantitative estimate of drug-likeness (QED) is 0.341. The van der Waals surface area contributed by atoms with Crippen LogP contribution in [-0.2, 0) is 9.53 Å². The van der Waals surface area contributed by atoms with Crippen molar-refractivity contribution < 1.29 is 14.3 Å². The Balaban J connectivity index is 1.83. The largest absolute Gasteiger partial charge is 0.490 e. The molecule has 31 heavy (non-hydrogen) atoms. The number of amidine groups is 1. The first-order chi connectivity index (χ1) is 14.9. The standard InChI is InChI=1S/C24H32N4O3/c1-4-30-24(29)22(27-19-7-5-17(6-8-19)23(25)26)18-13-16(2)14-21(15-18)31-20-9-11-28(3)12-10-20/h5-8,13-15,20,22,27H,4,9-12H2,1-3H3,(H3,25,26). The average Bonchev–Trinajstić information content (AvgIpc) is 2.73. The smallest absolute Gasteiger partial charge is 0.333 e. The van der Waals surface area contributed by atoms with Crippen molar-refractivity contribution in [3.05, 3.63) is 59.2 Å². The van der Waals surface area contributed by atoms with Gasteiger partial charge in [0.1, 0.15) is 17.7 Å². The fourth-order valence-corrected chi connectivity index (χ4v) is 3.72. The van der Waals surface area contributed by atoms with Crippen molar-refractivity contribution in [1.29, 1.82) is 5.41 Å². The summed E-state index contributed by atoms with van der Waals surface area (Å²) in [6.45, 7) is 6.13. The summed E-state index contributed by atoms with van der Waals surface area (Å²) in [7, 11) is 2.12. The van der Waals surface area contributed by atoms with Crippen molar-refractivity contribution in [2.24, 2.45) is 5.73 Å². The van der Waals surface area contributed by atoms with Gasteiger partial charge in [-0.05, 0) is 81.3 Å². The van der Waals surface area contributed by atoms with Gasteiger partial charge < -0.3 is 25.4 Å². The maximum atomic E-state index is 12.8. The number of rotatable bonds is 8. The van der Waals surface area contributed by atoms with Crippen molar-refractivity contribution in [1.82, 2.24) is 4.90 Å². The van der Waals surface area contributed by atoms with E-state index in [9.17, 15) is 4.79 Å². The molecule has 0 spiro atoms. The summed E-state index contributed by atoms with van der Waals surface area (Å²) in [5.41, 5.74) is 8.71. The molecular formula is C24H32N4O3. The molecule has 1 fully saturated rings. The van der Waals surface area contributed by atoms with Crippen molar-refractivity contribution in [3.8, 4) is 5.75 Å². The number of nitrogens with two attached hydrogens (primary N) is 1. The summed E-state index contributed by atoms with van der Waals surface area (Å²) in [6.07, 6.45) is 2.16. The predicted octanol–water partition coefficient (Wildman–Crippen LogP) is 3.47. The minimum atomic E-state index is -0.678. The number of ether oxygens (including phenoxy) is 2. The molecule has 0 aromatic heterocycles. The van der Waals surface area contributed by atoms with Gasteiger partial charge in [0, 0.05) is 24.3 Å². The highest BCUT2D eigenvalue weighted by atomic mass is 16.5. The van der Waals surface area contributed by atoms with Crippen LogP contribution in [0.15, 0.2) is 42.5 Å². The number of nitrogens with one attached hydrogen (secondary N) is 2. The molecule has 4 N–H and O–H groups in total. The summed E-state index contributed by atoms with van der Waals surface area (Å²) in [4.78, 5) is 15.1. The number of hydrogen-bond donors (Lipinski definition) is 3. The Morgan fingerprint density at radius 1 is 1.23 bits per heavy atom. The topological polar surface area (TPSA) is 101 Å². The van der Waals surface area contributed by atoms with Gasteiger partial charge in [0.15, 0.2) is 6.04 Å². The average molecular weight is 425 g/mol. The summed E-state index contributed by atoms with van der Waals surface area (Å²) in [5.74, 6) is 0.421. The third kappa shape index (κ3) is 6.21. The predicted molar refractivity (Wildman–Crippen MR) is 123 cm³/mol. The van der Waals surface area contributed by atoms with Crippen LogP contribution in [-0.4, -0.2) is 49.6 Å². The minimum absolute atomic E-state index is 0.00266. The number of piperidine rings is 1. The van der Waals surface area contributed by atoms with Crippen molar-refractivity contribution in [2.45, 2.75) is 38.8 Å². The van der Waals surface area contributed by atoms with Gasteiger partial charge in [0.25, 0.3) is 0 Å². The number of nitrogens with zero attached hydrogens (tertiary/aromatic N) is 1. The number of nitrogen functional groups attached to an aromatic ring is 1. The van der Waals surface area contributed by atoms with E-state index in [1.54, 1.807) is 31.2 Å². The van der Waals surface area contributed by atoms with E-state index in [0.717, 1.165) is 48.5 Å². The van der Waals surface area contributed by atoms with Crippen molar-refractivity contribution >= 4 is 17.5 Å². The Morgan fingerprint density at radius 2 is 1.90 bits per heavy atom. The molecule has 0 saturated carbocycles. The fourth-order valence-electron chi connectivity index (χ4n) is 3.72. The molecule has 7 nitrogen and oxygen atoms in total. The van der Waals surface area contributed by atoms with Crippen LogP contribution in [0.1, 0.15) is 42.5 Å². The highest BCUT2D eigenvalue weighted by molar-refractivity contribution is 5.95. The number of aryl methyl sites for hydroxylation is 1. The van der Waals surface area contributed by atoms with Crippen LogP contribution in [0.25, 0.3) is 0 Å². The van der Waals surface area contributed by atoms with Crippen LogP contribution in [0.5, 0.6) is 5.75 Å². The lowest BCUT2D eigenvalue weighted by Gasteiger charge is -2.29. The lowest BCUT2D eigenvalue weighted by molar-refractivity contribution is -0.144. The highest BCUT2D eigenvalue weighted by Gasteiger charge is 2.24. The summed E-state index contributed by atoms with van der Waals surface area (Å²) in [6, 6.07) is 12.3. The molecule has 1 heterocycles. The lowest BCUT2D eigenvalue weighted by atomic mass is 10.0. The van der Waals surface area contributed by atoms with Gasteiger partial charge in [-0.15, -0.1) is 0 Å². The second-order valence-electron chi connectivity index (χ2n) is 8.02. The highest BCUT2D eigenvalue weighted by Crippen LogP contribution is 2.28. The SMILES string of the molecule is CCOC(=O)C(Nc1ccc(C(=N)N)cc1)c1cc(C)cc(OC2CCN(C)CC2)c1. The van der Waals surface area contributed by atoms with E-state index < -0.39 is 6.04 Å². The molecule has 1 atom stereocenters. The van der Waals surface area contributed by atoms with Crippen LogP contribution in [0, 0.1) is 12.3 Å². The normalized spacial score (nSPS) is 15.8. The monoisotopic (exact) mass is 424 g/mol. The zero-order valence-corrected chi connectivity index (χ0v) is 18.5. The number of esters is 1. The molecule has 166 valence electrons. The van der Waals surface area contributed by atoms with Crippen LogP contribution in [0.2, 0.25) is 0 Å². The van der Waals surface area contributed by atoms with E-state index in [1.165, 1.54) is 0 Å². The van der Waals surface area contributed by atoms with Crippen molar-refractivity contribution in [2.75, 3.05) is 32.1 Å². The van der Waals surface area contributed by atoms with E-state index in [0.29, 0.717) is 12.2 Å². The van der Waals surface area contributed by atoms with Gasteiger partial charge in [-0.1, -0.05) is 6.07 Å². The Hall–Kier alpha value is -3.06. The Morgan fingerprint density at radius 3 is 2.52 bits per heavy atom. The Labute approximate surface area is 184 Å². The lowest BCUT2D eigenvalue weighted by Crippen LogP contribution is -2.35. The molecule has 1 aliphatic heterocycles. The summed E-state index contributed by atoms with van der Waals surface area (Å²) < 4.78 is 11.6. The molecular weight excluding hydrogens is 392 g/mol. The zero-order valence-electron chi connectivity index (χ0n) is 18.5. The molecule has 2 aromatic rings. The van der Waals surface area contributed by atoms with Crippen molar-refractivity contribution in [3.63, 3.8) is 0 Å². The summed E-state index contributed by atoms with van der Waals surface area (Å²) >= 11 is 0. The molecule has 3 rings (SSSR count). The van der Waals surface area contributed by atoms with Gasteiger partial charge in [-0.25, -0.2) is 4.79 Å². The summed E-state index contributed by atoms with van der Waals surface area (Å²) in [5, 5.41) is 10.8. The van der Waals surface area contributed by atoms with E-state index in [4.69, 9.17) is 20.6 Å². The van der Waals surface area contributed by atoms with Crippen LogP contribution >= 0.6 is 0 Å². The first-order valence-electron chi connectivity index (χ1n) is 10.7. The fraction of sp³-hybridized carbons (Fsp3) is 0.417. The maximum Gasteiger partial charge on any atom is 0.333 e. The minimum Gasteiger partial charge on any atom is -0.490 e. The first-order valence-corrected chi connectivity index (χ1v) is 10.7.